The van der Waals surface area contributed by atoms with Crippen LogP contribution in [0, 0.1) is 5.82 Å². The van der Waals surface area contributed by atoms with E-state index in [9.17, 15) is 9.18 Å². The van der Waals surface area contributed by atoms with Gasteiger partial charge in [0.05, 0.1) is 13.2 Å². The SMILES string of the molecule is O=C(NC1=NCCC(CCN2CCOCC2)N1)c1cccc(F)c1CCc1cccc2ccccc12. The molecule has 188 valence electrons. The number of nitrogens with one attached hydrogen (secondary N) is 2. The summed E-state index contributed by atoms with van der Waals surface area (Å²) in [5, 5.41) is 8.59. The van der Waals surface area contributed by atoms with Gasteiger partial charge in [-0.15, -0.1) is 0 Å². The van der Waals surface area contributed by atoms with Gasteiger partial charge in [0.25, 0.3) is 5.91 Å². The molecule has 1 atom stereocenters. The van der Waals surface area contributed by atoms with Crippen LogP contribution >= 0.6 is 0 Å². The van der Waals surface area contributed by atoms with Crippen LogP contribution < -0.4 is 10.6 Å². The van der Waals surface area contributed by atoms with Gasteiger partial charge in [0, 0.05) is 43.3 Å². The van der Waals surface area contributed by atoms with Crippen molar-refractivity contribution < 1.29 is 13.9 Å². The Morgan fingerprint density at radius 2 is 1.86 bits per heavy atom. The van der Waals surface area contributed by atoms with Gasteiger partial charge in [-0.1, -0.05) is 48.5 Å². The summed E-state index contributed by atoms with van der Waals surface area (Å²) < 4.78 is 20.3. The van der Waals surface area contributed by atoms with E-state index in [0.29, 0.717) is 36.5 Å². The average molecular weight is 489 g/mol. The van der Waals surface area contributed by atoms with Crippen molar-refractivity contribution in [2.24, 2.45) is 4.99 Å². The number of carbonyl (C=O) groups is 1. The van der Waals surface area contributed by atoms with Crippen molar-refractivity contribution >= 4 is 22.6 Å². The van der Waals surface area contributed by atoms with E-state index in [1.54, 1.807) is 12.1 Å². The van der Waals surface area contributed by atoms with Gasteiger partial charge in [0.2, 0.25) is 0 Å². The van der Waals surface area contributed by atoms with E-state index < -0.39 is 0 Å². The van der Waals surface area contributed by atoms with Crippen LogP contribution in [0.5, 0.6) is 0 Å². The molecular formula is C29H33FN4O2. The summed E-state index contributed by atoms with van der Waals surface area (Å²) in [5.41, 5.74) is 1.93. The summed E-state index contributed by atoms with van der Waals surface area (Å²) in [7, 11) is 0. The van der Waals surface area contributed by atoms with Crippen molar-refractivity contribution in [3.8, 4) is 0 Å². The number of halogens is 1. The molecule has 1 fully saturated rings. The summed E-state index contributed by atoms with van der Waals surface area (Å²) in [6, 6.07) is 19.3. The summed E-state index contributed by atoms with van der Waals surface area (Å²) in [6.45, 7) is 5.16. The highest BCUT2D eigenvalue weighted by atomic mass is 19.1. The van der Waals surface area contributed by atoms with Crippen LogP contribution in [0.15, 0.2) is 65.7 Å². The zero-order valence-electron chi connectivity index (χ0n) is 20.5. The summed E-state index contributed by atoms with van der Waals surface area (Å²) >= 11 is 0. The molecule has 0 spiro atoms. The number of amides is 1. The largest absolute Gasteiger partial charge is 0.379 e. The van der Waals surface area contributed by atoms with Crippen LogP contribution in [0.3, 0.4) is 0 Å². The van der Waals surface area contributed by atoms with E-state index in [2.05, 4.69) is 44.8 Å². The van der Waals surface area contributed by atoms with E-state index in [-0.39, 0.29) is 17.8 Å². The van der Waals surface area contributed by atoms with E-state index in [0.717, 1.165) is 62.0 Å². The average Bonchev–Trinajstić information content (AvgIpc) is 2.92. The maximum absolute atomic E-state index is 14.9. The topological polar surface area (TPSA) is 66.0 Å². The molecule has 0 aromatic heterocycles. The van der Waals surface area contributed by atoms with Crippen molar-refractivity contribution in [1.29, 1.82) is 0 Å². The molecule has 3 aromatic rings. The first kappa shape index (κ1) is 24.4. The summed E-state index contributed by atoms with van der Waals surface area (Å²) in [6.07, 6.45) is 2.99. The standard InChI is InChI=1S/C29H33FN4O2/c30-27-10-4-9-26(25(27)12-11-22-7-3-6-21-5-1-2-8-24(21)22)28(35)33-29-31-15-13-23(32-29)14-16-34-17-19-36-20-18-34/h1-10,23H,11-20H2,(H2,31,32,33,35). The maximum atomic E-state index is 14.9. The number of ether oxygens (including phenoxy) is 1. The predicted molar refractivity (Wildman–Crippen MR) is 141 cm³/mol. The minimum absolute atomic E-state index is 0.249. The van der Waals surface area contributed by atoms with Crippen molar-refractivity contribution in [2.75, 3.05) is 39.4 Å². The highest BCUT2D eigenvalue weighted by Crippen LogP contribution is 2.22. The highest BCUT2D eigenvalue weighted by molar-refractivity contribution is 6.06. The van der Waals surface area contributed by atoms with Crippen LogP contribution in [0.2, 0.25) is 0 Å². The molecule has 3 aromatic carbocycles. The maximum Gasteiger partial charge on any atom is 0.258 e. The van der Waals surface area contributed by atoms with Gasteiger partial charge in [0.15, 0.2) is 5.96 Å². The first-order valence-corrected chi connectivity index (χ1v) is 12.8. The predicted octanol–water partition coefficient (Wildman–Crippen LogP) is 3.93. The number of fused-ring (bicyclic) bond motifs is 1. The van der Waals surface area contributed by atoms with Crippen molar-refractivity contribution in [1.82, 2.24) is 15.5 Å². The molecule has 7 heteroatoms. The van der Waals surface area contributed by atoms with Gasteiger partial charge in [-0.2, -0.15) is 0 Å². The van der Waals surface area contributed by atoms with E-state index in [4.69, 9.17) is 4.74 Å². The molecule has 2 aliphatic heterocycles. The minimum atomic E-state index is -0.357. The zero-order chi connectivity index (χ0) is 24.7. The Hall–Kier alpha value is -3.29. The third-order valence-corrected chi connectivity index (χ3v) is 7.11. The van der Waals surface area contributed by atoms with Gasteiger partial charge >= 0.3 is 0 Å². The smallest absolute Gasteiger partial charge is 0.258 e. The number of nitrogens with zero attached hydrogens (tertiary/aromatic N) is 2. The molecule has 0 saturated carbocycles. The molecule has 0 bridgehead atoms. The zero-order valence-corrected chi connectivity index (χ0v) is 20.5. The van der Waals surface area contributed by atoms with Crippen LogP contribution in [-0.2, 0) is 17.6 Å². The summed E-state index contributed by atoms with van der Waals surface area (Å²) in [5.74, 6) is -0.213. The molecule has 5 rings (SSSR count). The second-order valence-corrected chi connectivity index (χ2v) is 9.46. The molecule has 2 aliphatic rings. The molecule has 1 amide bonds. The number of rotatable bonds is 7. The number of morpholine rings is 1. The van der Waals surface area contributed by atoms with Crippen molar-refractivity contribution in [3.05, 3.63) is 83.2 Å². The molecule has 0 radical (unpaired) electrons. The van der Waals surface area contributed by atoms with E-state index in [1.165, 1.54) is 6.07 Å². The Morgan fingerprint density at radius 1 is 1.06 bits per heavy atom. The first-order valence-electron chi connectivity index (χ1n) is 12.8. The monoisotopic (exact) mass is 488 g/mol. The van der Waals surface area contributed by atoms with Gasteiger partial charge in [0.1, 0.15) is 5.82 Å². The molecule has 1 saturated heterocycles. The normalized spacial score (nSPS) is 18.5. The highest BCUT2D eigenvalue weighted by Gasteiger charge is 2.21. The lowest BCUT2D eigenvalue weighted by Gasteiger charge is -2.30. The van der Waals surface area contributed by atoms with Gasteiger partial charge in [-0.3, -0.25) is 20.0 Å². The van der Waals surface area contributed by atoms with Crippen molar-refractivity contribution in [3.63, 3.8) is 0 Å². The fourth-order valence-corrected chi connectivity index (χ4v) is 5.07. The Labute approximate surface area is 211 Å². The van der Waals surface area contributed by atoms with Crippen LogP contribution in [0.4, 0.5) is 4.39 Å². The third-order valence-electron chi connectivity index (χ3n) is 7.11. The molecular weight excluding hydrogens is 455 g/mol. The van der Waals surface area contributed by atoms with Crippen molar-refractivity contribution in [2.45, 2.75) is 31.7 Å². The molecule has 1 unspecified atom stereocenters. The second kappa shape index (κ2) is 11.6. The van der Waals surface area contributed by atoms with Gasteiger partial charge in [-0.05, 0) is 54.2 Å². The van der Waals surface area contributed by atoms with E-state index >= 15 is 0 Å². The molecule has 36 heavy (non-hydrogen) atoms. The number of hydrogen-bond donors (Lipinski definition) is 2. The first-order chi connectivity index (χ1) is 17.7. The fraction of sp³-hybridized carbons (Fsp3) is 0.379. The molecule has 6 nitrogen and oxygen atoms in total. The van der Waals surface area contributed by atoms with E-state index in [1.807, 2.05) is 18.2 Å². The van der Waals surface area contributed by atoms with Gasteiger partial charge in [-0.25, -0.2) is 4.39 Å². The number of carbonyl (C=O) groups excluding carboxylic acids is 1. The van der Waals surface area contributed by atoms with Crippen LogP contribution in [0.1, 0.15) is 34.3 Å². The number of aliphatic imine (C=N–C) groups is 1. The molecule has 2 heterocycles. The lowest BCUT2D eigenvalue weighted by atomic mass is 9.95. The Bertz CT molecular complexity index is 1230. The Morgan fingerprint density at radius 3 is 2.75 bits per heavy atom. The molecule has 2 N–H and O–H groups in total. The lowest BCUT2D eigenvalue weighted by molar-refractivity contribution is 0.0362. The third kappa shape index (κ3) is 5.91. The summed E-state index contributed by atoms with van der Waals surface area (Å²) in [4.78, 5) is 20.1. The fourth-order valence-electron chi connectivity index (χ4n) is 5.07. The number of guanidine groups is 1. The van der Waals surface area contributed by atoms with Crippen LogP contribution in [0.25, 0.3) is 10.8 Å². The van der Waals surface area contributed by atoms with Gasteiger partial charge < -0.3 is 10.1 Å². The quantitative estimate of drug-likeness (QED) is 0.529. The minimum Gasteiger partial charge on any atom is -0.379 e. The second-order valence-electron chi connectivity index (χ2n) is 9.46. The number of hydrogen-bond acceptors (Lipinski definition) is 5. The Balaban J connectivity index is 1.23. The lowest BCUT2D eigenvalue weighted by Crippen LogP contribution is -2.50. The molecule has 0 aliphatic carbocycles. The number of benzene rings is 3. The number of aryl methyl sites for hydroxylation is 1. The van der Waals surface area contributed by atoms with Crippen LogP contribution in [-0.4, -0.2) is 62.2 Å². The Kier molecular flexibility index (Phi) is 7.88.